The molecule has 0 spiro atoms. The molecule has 4 aliphatic carbocycles. The second-order valence-corrected chi connectivity index (χ2v) is 16.1. The fourth-order valence-corrected chi connectivity index (χ4v) is 10.5. The molecule has 5 rings (SSSR count). The Morgan fingerprint density at radius 1 is 0.830 bits per heavy atom. The molecule has 266 valence electrons. The lowest BCUT2D eigenvalue weighted by atomic mass is 9.43. The third kappa shape index (κ3) is 8.02. The number of nitrogens with zero attached hydrogens (tertiary/aromatic N) is 1. The summed E-state index contributed by atoms with van der Waals surface area (Å²) in [4.78, 5) is 58.7. The molecule has 0 radical (unpaired) electrons. The minimum absolute atomic E-state index is 0.0631. The lowest BCUT2D eigenvalue weighted by Crippen LogP contribution is -2.61. The summed E-state index contributed by atoms with van der Waals surface area (Å²) in [6, 6.07) is 0. The van der Waals surface area contributed by atoms with E-state index in [2.05, 4.69) is 18.7 Å². The van der Waals surface area contributed by atoms with Gasteiger partial charge in [-0.15, -0.1) is 0 Å². The molecule has 0 amide bonds. The van der Waals surface area contributed by atoms with Gasteiger partial charge in [-0.1, -0.05) is 20.3 Å². The predicted molar refractivity (Wildman–Crippen MR) is 169 cm³/mol. The highest BCUT2D eigenvalue weighted by molar-refractivity contribution is 5.88. The zero-order valence-electron chi connectivity index (χ0n) is 28.4. The minimum Gasteiger partial charge on any atom is -0.481 e. The number of carbonyl (C=O) groups excluding carboxylic acids is 2. The Balaban J connectivity index is 0.000000328. The quantitative estimate of drug-likeness (QED) is 0.224. The third-order valence-electron chi connectivity index (χ3n) is 12.7. The van der Waals surface area contributed by atoms with Gasteiger partial charge in [0.2, 0.25) is 0 Å². The van der Waals surface area contributed by atoms with E-state index in [-0.39, 0.29) is 28.8 Å². The maximum absolute atomic E-state index is 13.3. The predicted octanol–water partition coefficient (Wildman–Crippen LogP) is 3.74. The van der Waals surface area contributed by atoms with Crippen LogP contribution in [0.15, 0.2) is 0 Å². The van der Waals surface area contributed by atoms with E-state index in [9.17, 15) is 29.1 Å². The molecule has 0 unspecified atom stereocenters. The van der Waals surface area contributed by atoms with Crippen molar-refractivity contribution in [1.29, 1.82) is 0 Å². The molecule has 0 aromatic rings. The Kier molecular flexibility index (Phi) is 11.2. The molecule has 12 nitrogen and oxygen atoms in total. The summed E-state index contributed by atoms with van der Waals surface area (Å²) in [5.41, 5.74) is -3.28. The van der Waals surface area contributed by atoms with Crippen LogP contribution in [-0.4, -0.2) is 97.0 Å². The Morgan fingerprint density at radius 2 is 1.45 bits per heavy atom. The maximum atomic E-state index is 13.3. The van der Waals surface area contributed by atoms with E-state index < -0.39 is 42.0 Å². The van der Waals surface area contributed by atoms with Crippen molar-refractivity contribution in [3.05, 3.63) is 0 Å². The van der Waals surface area contributed by atoms with Crippen molar-refractivity contribution in [1.82, 2.24) is 4.90 Å². The monoisotopic (exact) mass is 665 g/mol. The molecule has 5 N–H and O–H groups in total. The van der Waals surface area contributed by atoms with Crippen molar-refractivity contribution in [2.75, 3.05) is 19.6 Å². The fourth-order valence-electron chi connectivity index (χ4n) is 10.5. The number of ketones is 1. The fraction of sp³-hybridized carbons (Fsp3) is 0.857. The lowest BCUT2D eigenvalue weighted by molar-refractivity contribution is -0.205. The van der Waals surface area contributed by atoms with Gasteiger partial charge in [0.15, 0.2) is 5.60 Å². The topological polar surface area (TPSA) is 199 Å². The van der Waals surface area contributed by atoms with Gasteiger partial charge in [-0.3, -0.25) is 24.1 Å². The summed E-state index contributed by atoms with van der Waals surface area (Å²) in [5.74, 6) is -2.79. The Bertz CT molecular complexity index is 1200. The lowest BCUT2D eigenvalue weighted by Gasteiger charge is -2.63. The molecule has 5 aliphatic rings. The van der Waals surface area contributed by atoms with Gasteiger partial charge in [0.05, 0.1) is 25.0 Å². The van der Waals surface area contributed by atoms with Crippen molar-refractivity contribution in [3.8, 4) is 0 Å². The zero-order valence-corrected chi connectivity index (χ0v) is 28.4. The third-order valence-corrected chi connectivity index (χ3v) is 12.7. The molecular formula is C35H55NO11. The molecule has 0 aromatic heterocycles. The van der Waals surface area contributed by atoms with Crippen LogP contribution in [0, 0.1) is 40.4 Å². The normalized spacial score (nSPS) is 38.4. The van der Waals surface area contributed by atoms with Gasteiger partial charge < -0.3 is 30.3 Å². The van der Waals surface area contributed by atoms with Crippen LogP contribution in [0.4, 0.5) is 0 Å². The molecule has 4 saturated carbocycles. The van der Waals surface area contributed by atoms with Gasteiger partial charge in [0.25, 0.3) is 0 Å². The van der Waals surface area contributed by atoms with Crippen LogP contribution < -0.4 is 0 Å². The van der Waals surface area contributed by atoms with Crippen LogP contribution in [0.2, 0.25) is 0 Å². The molecule has 1 aliphatic heterocycles. The van der Waals surface area contributed by atoms with Crippen molar-refractivity contribution in [3.63, 3.8) is 0 Å². The smallest absolute Gasteiger partial charge is 0.336 e. The van der Waals surface area contributed by atoms with Crippen LogP contribution in [-0.2, 0) is 28.7 Å². The van der Waals surface area contributed by atoms with Gasteiger partial charge in [0, 0.05) is 11.8 Å². The van der Waals surface area contributed by atoms with E-state index in [1.54, 1.807) is 6.92 Å². The number of carboxylic acid groups (broad SMARTS) is 3. The number of piperidine rings is 1. The SMILES string of the molecule is CC(=O)[C@H]1CC[C@H]2[C@@H]3CC[C@H]4C[C@](C)(O)CC[C@]4(C)[C@H]3[C@@H](OC(=O)CN3CCCCC3)C[C@]12C.O=C(O)CC(O)(CC(=O)O)C(=O)O. The number of fused-ring (bicyclic) bond motifs is 5. The molecular weight excluding hydrogens is 610 g/mol. The van der Waals surface area contributed by atoms with E-state index in [1.807, 2.05) is 6.92 Å². The molecule has 5 fully saturated rings. The number of likely N-dealkylation sites (tertiary alicyclic amines) is 1. The number of hydrogen-bond donors (Lipinski definition) is 5. The molecule has 12 heteroatoms. The summed E-state index contributed by atoms with van der Waals surface area (Å²) in [6.07, 6.45) is 9.13. The van der Waals surface area contributed by atoms with Crippen molar-refractivity contribution < 1.29 is 54.2 Å². The molecule has 47 heavy (non-hydrogen) atoms. The number of rotatable bonds is 9. The molecule has 1 heterocycles. The van der Waals surface area contributed by atoms with Gasteiger partial charge >= 0.3 is 23.9 Å². The largest absolute Gasteiger partial charge is 0.481 e. The molecule has 0 bridgehead atoms. The first-order valence-electron chi connectivity index (χ1n) is 17.4. The average Bonchev–Trinajstić information content (AvgIpc) is 3.30. The summed E-state index contributed by atoms with van der Waals surface area (Å²) in [5, 5.41) is 44.7. The molecule has 9 atom stereocenters. The van der Waals surface area contributed by atoms with Gasteiger partial charge in [-0.25, -0.2) is 4.79 Å². The van der Waals surface area contributed by atoms with Crippen LogP contribution in [0.3, 0.4) is 0 Å². The van der Waals surface area contributed by atoms with Gasteiger partial charge in [-0.2, -0.15) is 0 Å². The first-order valence-corrected chi connectivity index (χ1v) is 17.4. The number of carbonyl (C=O) groups is 5. The van der Waals surface area contributed by atoms with E-state index in [0.29, 0.717) is 36.0 Å². The van der Waals surface area contributed by atoms with Crippen molar-refractivity contribution in [2.24, 2.45) is 40.4 Å². The Hall–Kier alpha value is -2.57. The Morgan fingerprint density at radius 3 is 2.00 bits per heavy atom. The minimum atomic E-state index is -2.74. The number of Topliss-reactive ketones (excluding diaryl/α,β-unsaturated/α-hetero) is 1. The highest BCUT2D eigenvalue weighted by Gasteiger charge is 2.65. The second-order valence-electron chi connectivity index (χ2n) is 16.1. The number of esters is 1. The first kappa shape index (κ1) is 37.3. The van der Waals surface area contributed by atoms with E-state index in [1.165, 1.54) is 19.3 Å². The number of ether oxygens (including phenoxy) is 1. The van der Waals surface area contributed by atoms with E-state index in [0.717, 1.165) is 64.5 Å². The first-order chi connectivity index (χ1) is 21.8. The number of aliphatic hydroxyl groups is 2. The van der Waals surface area contributed by atoms with Crippen LogP contribution in [0.5, 0.6) is 0 Å². The number of aliphatic carboxylic acids is 3. The summed E-state index contributed by atoms with van der Waals surface area (Å²) >= 11 is 0. The van der Waals surface area contributed by atoms with Crippen LogP contribution >= 0.6 is 0 Å². The number of hydrogen-bond acceptors (Lipinski definition) is 9. The maximum Gasteiger partial charge on any atom is 0.336 e. The van der Waals surface area contributed by atoms with Crippen LogP contribution in [0.25, 0.3) is 0 Å². The zero-order chi connectivity index (χ0) is 34.9. The summed E-state index contributed by atoms with van der Waals surface area (Å²) < 4.78 is 6.48. The van der Waals surface area contributed by atoms with Crippen molar-refractivity contribution in [2.45, 2.75) is 128 Å². The van der Waals surface area contributed by atoms with Crippen LogP contribution in [0.1, 0.15) is 111 Å². The molecule has 1 saturated heterocycles. The Labute approximate surface area is 277 Å². The van der Waals surface area contributed by atoms with Gasteiger partial charge in [0.1, 0.15) is 11.9 Å². The van der Waals surface area contributed by atoms with Gasteiger partial charge in [-0.05, 0) is 120 Å². The second kappa shape index (κ2) is 14.1. The average molecular weight is 666 g/mol. The highest BCUT2D eigenvalue weighted by Crippen LogP contribution is 2.68. The highest BCUT2D eigenvalue weighted by atomic mass is 16.5. The van der Waals surface area contributed by atoms with E-state index >= 15 is 0 Å². The standard InChI is InChI=1S/C29H47NO4.C6H8O7/c1-19(31)22-10-11-23-21-9-8-20-16-27(2,33)12-13-28(20,3)26(21)24(17-29(22,23)4)34-25(32)18-30-14-6-5-7-15-30;7-3(8)1-6(13,5(11)12)2-4(9)10/h20-24,26,33H,5-18H2,1-4H3;13H,1-2H2,(H,7,8)(H,9,10)(H,11,12)/t20-,21-,22+,23-,24-,26+,27+,28-,29+;/m0./s1. The number of carboxylic acids is 3. The van der Waals surface area contributed by atoms with Crippen molar-refractivity contribution >= 4 is 29.7 Å². The molecule has 0 aromatic carbocycles. The summed E-state index contributed by atoms with van der Waals surface area (Å²) in [6.45, 7) is 10.9. The summed E-state index contributed by atoms with van der Waals surface area (Å²) in [7, 11) is 0. The van der Waals surface area contributed by atoms with E-state index in [4.69, 9.17) is 25.2 Å².